The Hall–Kier alpha value is -1.50. The number of aryl methyl sites for hydroxylation is 1. The molecule has 0 saturated heterocycles. The van der Waals surface area contributed by atoms with Gasteiger partial charge in [0.15, 0.2) is 5.69 Å². The minimum Gasteiger partial charge on any atom is -0.395 e. The van der Waals surface area contributed by atoms with Crippen molar-refractivity contribution in [1.29, 1.82) is 0 Å². The van der Waals surface area contributed by atoms with Gasteiger partial charge in [-0.15, -0.1) is 11.3 Å². The number of rotatable bonds is 1. The number of anilines is 1. The van der Waals surface area contributed by atoms with Gasteiger partial charge in [0.25, 0.3) is 0 Å². The molecule has 0 aliphatic heterocycles. The lowest BCUT2D eigenvalue weighted by molar-refractivity contribution is -0.140. The molecule has 2 N–H and O–H groups in total. The molecule has 0 atom stereocenters. The molecule has 2 heterocycles. The number of alkyl halides is 3. The first-order valence-corrected chi connectivity index (χ1v) is 5.22. The van der Waals surface area contributed by atoms with Gasteiger partial charge in [0.2, 0.25) is 0 Å². The summed E-state index contributed by atoms with van der Waals surface area (Å²) in [5, 5.41) is 5.18. The first kappa shape index (κ1) is 11.0. The quantitative estimate of drug-likeness (QED) is 0.842. The molecule has 0 aliphatic rings. The van der Waals surface area contributed by atoms with Crippen LogP contribution in [0.4, 0.5) is 18.9 Å². The third kappa shape index (κ3) is 1.67. The molecule has 2 aromatic rings. The largest absolute Gasteiger partial charge is 0.437 e. The van der Waals surface area contributed by atoms with Crippen LogP contribution in [0.25, 0.3) is 10.6 Å². The van der Waals surface area contributed by atoms with E-state index in [1.807, 2.05) is 0 Å². The average molecular weight is 247 g/mol. The summed E-state index contributed by atoms with van der Waals surface area (Å²) in [4.78, 5) is 0.669. The van der Waals surface area contributed by atoms with Gasteiger partial charge >= 0.3 is 6.18 Å². The number of hydrogen-bond acceptors (Lipinski definition) is 3. The summed E-state index contributed by atoms with van der Waals surface area (Å²) in [5.41, 5.74) is 4.44. The topological polar surface area (TPSA) is 43.8 Å². The first-order valence-electron chi connectivity index (χ1n) is 4.35. The Labute approximate surface area is 93.3 Å². The molecule has 86 valence electrons. The van der Waals surface area contributed by atoms with Crippen molar-refractivity contribution < 1.29 is 13.2 Å². The van der Waals surface area contributed by atoms with E-state index in [-0.39, 0.29) is 5.69 Å². The molecule has 2 rings (SSSR count). The lowest BCUT2D eigenvalue weighted by Gasteiger charge is -2.02. The van der Waals surface area contributed by atoms with Gasteiger partial charge in [-0.05, 0) is 11.4 Å². The molecule has 3 nitrogen and oxygen atoms in total. The number of halogens is 3. The van der Waals surface area contributed by atoms with Gasteiger partial charge in [-0.2, -0.15) is 18.3 Å². The van der Waals surface area contributed by atoms with E-state index in [2.05, 4.69) is 5.10 Å². The minimum absolute atomic E-state index is 0.308. The molecule has 0 fully saturated rings. The molecule has 0 bridgehead atoms. The minimum atomic E-state index is -4.52. The fourth-order valence-corrected chi connectivity index (χ4v) is 2.27. The monoisotopic (exact) mass is 247 g/mol. The smallest absolute Gasteiger partial charge is 0.395 e. The summed E-state index contributed by atoms with van der Waals surface area (Å²) in [7, 11) is 1.45. The van der Waals surface area contributed by atoms with E-state index >= 15 is 0 Å². The van der Waals surface area contributed by atoms with Gasteiger partial charge in [0.05, 0.1) is 10.6 Å². The van der Waals surface area contributed by atoms with Crippen LogP contribution in [0.3, 0.4) is 0 Å². The highest BCUT2D eigenvalue weighted by Crippen LogP contribution is 2.38. The third-order valence-electron chi connectivity index (χ3n) is 2.11. The van der Waals surface area contributed by atoms with Crippen molar-refractivity contribution in [2.75, 3.05) is 5.73 Å². The van der Waals surface area contributed by atoms with Crippen molar-refractivity contribution in [3.05, 3.63) is 23.2 Å². The van der Waals surface area contributed by atoms with Crippen molar-refractivity contribution in [2.45, 2.75) is 6.18 Å². The molecule has 0 spiro atoms. The van der Waals surface area contributed by atoms with Gasteiger partial charge in [-0.1, -0.05) is 6.07 Å². The van der Waals surface area contributed by atoms with Crippen LogP contribution in [-0.2, 0) is 13.2 Å². The van der Waals surface area contributed by atoms with Crippen molar-refractivity contribution in [1.82, 2.24) is 9.78 Å². The standard InChI is InChI=1S/C9H8F3N3S/c1-15-7(5-3-2-4-16-5)6(13)8(14-15)9(10,11)12/h2-4H,13H2,1H3. The molecule has 0 aliphatic carbocycles. The molecule has 0 aromatic carbocycles. The van der Waals surface area contributed by atoms with E-state index in [0.29, 0.717) is 10.6 Å². The zero-order valence-corrected chi connectivity index (χ0v) is 9.06. The van der Waals surface area contributed by atoms with E-state index in [9.17, 15) is 13.2 Å². The van der Waals surface area contributed by atoms with E-state index in [1.165, 1.54) is 18.4 Å². The summed E-state index contributed by atoms with van der Waals surface area (Å²) >= 11 is 1.32. The van der Waals surface area contributed by atoms with E-state index in [0.717, 1.165) is 4.68 Å². The van der Waals surface area contributed by atoms with Crippen LogP contribution in [0.1, 0.15) is 5.69 Å². The van der Waals surface area contributed by atoms with Crippen LogP contribution in [0.5, 0.6) is 0 Å². The van der Waals surface area contributed by atoms with Crippen LogP contribution in [0.15, 0.2) is 17.5 Å². The molecule has 0 unspecified atom stereocenters. The highest BCUT2D eigenvalue weighted by Gasteiger charge is 2.38. The second-order valence-corrected chi connectivity index (χ2v) is 4.16. The summed E-state index contributed by atoms with van der Waals surface area (Å²) < 4.78 is 38.8. The Morgan fingerprint density at radius 2 is 2.12 bits per heavy atom. The van der Waals surface area contributed by atoms with E-state index in [1.54, 1.807) is 17.5 Å². The van der Waals surface area contributed by atoms with Crippen molar-refractivity contribution in [2.24, 2.45) is 7.05 Å². The summed E-state index contributed by atoms with van der Waals surface area (Å²) in [5.74, 6) is 0. The lowest BCUT2D eigenvalue weighted by Crippen LogP contribution is -2.09. The van der Waals surface area contributed by atoms with Crippen LogP contribution in [0, 0.1) is 0 Å². The first-order chi connectivity index (χ1) is 7.41. The normalized spacial score (nSPS) is 12.0. The maximum atomic E-state index is 12.5. The molecular weight excluding hydrogens is 239 g/mol. The molecular formula is C9H8F3N3S. The fraction of sp³-hybridized carbons (Fsp3) is 0.222. The number of hydrogen-bond donors (Lipinski definition) is 1. The molecule has 2 aromatic heterocycles. The molecule has 7 heteroatoms. The molecule has 0 saturated carbocycles. The van der Waals surface area contributed by atoms with Crippen molar-refractivity contribution >= 4 is 17.0 Å². The van der Waals surface area contributed by atoms with E-state index in [4.69, 9.17) is 5.73 Å². The Balaban J connectivity index is 2.61. The van der Waals surface area contributed by atoms with Gasteiger partial charge in [0.1, 0.15) is 5.69 Å². The summed E-state index contributed by atoms with van der Waals surface area (Å²) in [6.07, 6.45) is -4.52. The van der Waals surface area contributed by atoms with Crippen molar-refractivity contribution in [3.63, 3.8) is 0 Å². The Morgan fingerprint density at radius 3 is 2.56 bits per heavy atom. The molecule has 0 amide bonds. The van der Waals surface area contributed by atoms with Gasteiger partial charge in [-0.3, -0.25) is 4.68 Å². The second-order valence-electron chi connectivity index (χ2n) is 3.21. The van der Waals surface area contributed by atoms with Crippen LogP contribution in [0.2, 0.25) is 0 Å². The predicted molar refractivity (Wildman–Crippen MR) is 55.9 cm³/mol. The number of nitrogens with zero attached hydrogens (tertiary/aromatic N) is 2. The summed E-state index contributed by atoms with van der Waals surface area (Å²) in [6, 6.07) is 3.46. The summed E-state index contributed by atoms with van der Waals surface area (Å²) in [6.45, 7) is 0. The SMILES string of the molecule is Cn1nc(C(F)(F)F)c(N)c1-c1cccs1. The number of nitrogen functional groups attached to an aromatic ring is 1. The lowest BCUT2D eigenvalue weighted by atomic mass is 10.2. The van der Waals surface area contributed by atoms with Crippen molar-refractivity contribution in [3.8, 4) is 10.6 Å². The zero-order valence-electron chi connectivity index (χ0n) is 8.25. The number of aromatic nitrogens is 2. The number of thiophene rings is 1. The highest BCUT2D eigenvalue weighted by molar-refractivity contribution is 7.13. The van der Waals surface area contributed by atoms with Gasteiger partial charge in [-0.25, -0.2) is 0 Å². The third-order valence-corrected chi connectivity index (χ3v) is 2.98. The maximum Gasteiger partial charge on any atom is 0.437 e. The number of nitrogens with two attached hydrogens (primary N) is 1. The average Bonchev–Trinajstić information content (AvgIpc) is 2.72. The second kappa shape index (κ2) is 3.51. The van der Waals surface area contributed by atoms with Gasteiger partial charge < -0.3 is 5.73 Å². The Kier molecular flexibility index (Phi) is 2.42. The highest BCUT2D eigenvalue weighted by atomic mass is 32.1. The fourth-order valence-electron chi connectivity index (χ4n) is 1.46. The Bertz CT molecular complexity index is 499. The van der Waals surface area contributed by atoms with Crippen LogP contribution < -0.4 is 5.73 Å². The van der Waals surface area contributed by atoms with Crippen LogP contribution >= 0.6 is 11.3 Å². The Morgan fingerprint density at radius 1 is 1.44 bits per heavy atom. The van der Waals surface area contributed by atoms with Gasteiger partial charge in [0, 0.05) is 7.05 Å². The maximum absolute atomic E-state index is 12.5. The predicted octanol–water partition coefficient (Wildman–Crippen LogP) is 2.75. The van der Waals surface area contributed by atoms with Crippen LogP contribution in [-0.4, -0.2) is 9.78 Å². The molecule has 16 heavy (non-hydrogen) atoms. The molecule has 0 radical (unpaired) electrons. The zero-order chi connectivity index (χ0) is 11.9. The van der Waals surface area contributed by atoms with E-state index < -0.39 is 11.9 Å².